The molecule has 0 saturated heterocycles. The van der Waals surface area contributed by atoms with E-state index < -0.39 is 23.9 Å². The number of carboxylic acid groups (broad SMARTS) is 1. The molecule has 1 atom stereocenters. The number of aliphatic hydroxyl groups is 2. The number of carboxylic acids is 1. The second-order valence-electron chi connectivity index (χ2n) is 3.24. The Bertz CT molecular complexity index is 146. The Hall–Kier alpha value is -0.0126. The second-order valence-corrected chi connectivity index (χ2v) is 3.24. The van der Waals surface area contributed by atoms with Crippen LogP contribution in [0.15, 0.2) is 0 Å². The third-order valence-corrected chi connectivity index (χ3v) is 1.67. The first-order valence-corrected chi connectivity index (χ1v) is 3.39. The van der Waals surface area contributed by atoms with Crippen molar-refractivity contribution in [1.82, 2.24) is 0 Å². The molecule has 2 N–H and O–H groups in total. The van der Waals surface area contributed by atoms with Crippen LogP contribution in [0.4, 0.5) is 0 Å². The maximum absolute atomic E-state index is 10.0. The number of hydrogen-bond donors (Lipinski definition) is 2. The van der Waals surface area contributed by atoms with Crippen LogP contribution in [-0.2, 0) is 4.79 Å². The molecule has 12 heavy (non-hydrogen) atoms. The van der Waals surface area contributed by atoms with Gasteiger partial charge in [0.05, 0.1) is 12.7 Å². The predicted molar refractivity (Wildman–Crippen MR) is 36.5 cm³/mol. The van der Waals surface area contributed by atoms with Crippen molar-refractivity contribution in [1.29, 1.82) is 0 Å². The number of hydrogen-bond acceptors (Lipinski definition) is 4. The van der Waals surface area contributed by atoms with Gasteiger partial charge in [0.15, 0.2) is 0 Å². The SMILES string of the molecule is CC(C)(CO)[C@H](O)CC(=O)[O-].[Li+]. The molecule has 0 fully saturated rings. The molecular weight excluding hydrogens is 155 g/mol. The van der Waals surface area contributed by atoms with Crippen LogP contribution in [0, 0.1) is 5.41 Å². The third-order valence-electron chi connectivity index (χ3n) is 1.67. The van der Waals surface area contributed by atoms with Crippen molar-refractivity contribution in [2.75, 3.05) is 6.61 Å². The van der Waals surface area contributed by atoms with Gasteiger partial charge in [-0.25, -0.2) is 0 Å². The molecule has 0 bridgehead atoms. The molecule has 0 amide bonds. The quantitative estimate of drug-likeness (QED) is 0.415. The van der Waals surface area contributed by atoms with E-state index in [4.69, 9.17) is 10.2 Å². The molecule has 0 heterocycles. The van der Waals surface area contributed by atoms with E-state index in [0.717, 1.165) is 0 Å². The van der Waals surface area contributed by atoms with Gasteiger partial charge in [0, 0.05) is 17.8 Å². The number of rotatable bonds is 4. The van der Waals surface area contributed by atoms with Gasteiger partial charge in [-0.2, -0.15) is 0 Å². The molecule has 5 heteroatoms. The summed E-state index contributed by atoms with van der Waals surface area (Å²) in [6.45, 7) is 2.92. The second kappa shape index (κ2) is 5.60. The van der Waals surface area contributed by atoms with E-state index in [2.05, 4.69) is 0 Å². The topological polar surface area (TPSA) is 80.6 Å². The Labute approximate surface area is 83.8 Å². The van der Waals surface area contributed by atoms with Crippen LogP contribution in [0.3, 0.4) is 0 Å². The molecule has 0 radical (unpaired) electrons. The van der Waals surface area contributed by atoms with Gasteiger partial charge in [0.2, 0.25) is 0 Å². The normalized spacial score (nSPS) is 13.3. The molecule has 0 unspecified atom stereocenters. The van der Waals surface area contributed by atoms with Gasteiger partial charge in [-0.15, -0.1) is 0 Å². The van der Waals surface area contributed by atoms with Crippen LogP contribution >= 0.6 is 0 Å². The Kier molecular flexibility index (Phi) is 6.77. The largest absolute Gasteiger partial charge is 1.00 e. The Morgan fingerprint density at radius 3 is 2.25 bits per heavy atom. The van der Waals surface area contributed by atoms with Crippen molar-refractivity contribution in [2.24, 2.45) is 5.41 Å². The summed E-state index contributed by atoms with van der Waals surface area (Å²) in [7, 11) is 0. The van der Waals surface area contributed by atoms with Crippen molar-refractivity contribution >= 4 is 5.97 Å². The molecule has 0 spiro atoms. The zero-order valence-electron chi connectivity index (χ0n) is 7.70. The zero-order valence-corrected chi connectivity index (χ0v) is 7.70. The molecule has 0 rings (SSSR count). The van der Waals surface area contributed by atoms with Gasteiger partial charge in [0.25, 0.3) is 0 Å². The van der Waals surface area contributed by atoms with Gasteiger partial charge in [0.1, 0.15) is 0 Å². The van der Waals surface area contributed by atoms with Gasteiger partial charge < -0.3 is 20.1 Å². The van der Waals surface area contributed by atoms with Gasteiger partial charge in [-0.05, 0) is 0 Å². The standard InChI is InChI=1S/C7H14O4.Li/c1-7(2,4-8)5(9)3-6(10)11;/h5,8-9H,3-4H2,1-2H3,(H,10,11);/q;+1/p-1/t5-;/m1./s1. The van der Waals surface area contributed by atoms with Crippen LogP contribution in [0.2, 0.25) is 0 Å². The molecular formula is C7H13LiO4. The summed E-state index contributed by atoms with van der Waals surface area (Å²) in [5.41, 5.74) is -0.778. The van der Waals surface area contributed by atoms with E-state index in [9.17, 15) is 9.90 Å². The maximum atomic E-state index is 10.0. The minimum atomic E-state index is -1.31. The van der Waals surface area contributed by atoms with E-state index in [1.165, 1.54) is 0 Å². The van der Waals surface area contributed by atoms with Crippen LogP contribution in [0.25, 0.3) is 0 Å². The summed E-state index contributed by atoms with van der Waals surface area (Å²) >= 11 is 0. The van der Waals surface area contributed by atoms with Crippen molar-refractivity contribution in [3.05, 3.63) is 0 Å². The molecule has 0 aromatic rings. The third kappa shape index (κ3) is 4.78. The number of aliphatic carboxylic acids is 1. The minimum Gasteiger partial charge on any atom is -0.550 e. The fourth-order valence-corrected chi connectivity index (χ4v) is 0.540. The minimum absolute atomic E-state index is 0. The monoisotopic (exact) mass is 168 g/mol. The fourth-order valence-electron chi connectivity index (χ4n) is 0.540. The smallest absolute Gasteiger partial charge is 0.550 e. The molecule has 0 aromatic heterocycles. The van der Waals surface area contributed by atoms with Crippen molar-refractivity contribution in [2.45, 2.75) is 26.4 Å². The molecule has 0 saturated carbocycles. The van der Waals surface area contributed by atoms with Gasteiger partial charge >= 0.3 is 18.9 Å². The van der Waals surface area contributed by atoms with E-state index in [-0.39, 0.29) is 25.5 Å². The summed E-state index contributed by atoms with van der Waals surface area (Å²) in [6.07, 6.45) is -1.49. The molecule has 66 valence electrons. The Morgan fingerprint density at radius 1 is 1.58 bits per heavy atom. The number of aliphatic hydroxyl groups excluding tert-OH is 2. The molecule has 0 aliphatic rings. The molecule has 0 aliphatic heterocycles. The van der Waals surface area contributed by atoms with Crippen LogP contribution in [0.1, 0.15) is 20.3 Å². The molecule has 0 aromatic carbocycles. The van der Waals surface area contributed by atoms with E-state index in [0.29, 0.717) is 0 Å². The Balaban J connectivity index is 0. The van der Waals surface area contributed by atoms with Crippen molar-refractivity contribution in [3.63, 3.8) is 0 Å². The average Bonchev–Trinajstić information content (AvgIpc) is 1.86. The van der Waals surface area contributed by atoms with E-state index in [1.54, 1.807) is 13.8 Å². The average molecular weight is 168 g/mol. The van der Waals surface area contributed by atoms with E-state index in [1.807, 2.05) is 0 Å². The zero-order chi connectivity index (χ0) is 9.07. The van der Waals surface area contributed by atoms with Crippen molar-refractivity contribution in [3.8, 4) is 0 Å². The van der Waals surface area contributed by atoms with Crippen LogP contribution < -0.4 is 24.0 Å². The van der Waals surface area contributed by atoms with Gasteiger partial charge in [-0.1, -0.05) is 13.8 Å². The first kappa shape index (κ1) is 14.5. The van der Waals surface area contributed by atoms with Crippen LogP contribution in [-0.4, -0.2) is 28.9 Å². The molecule has 4 nitrogen and oxygen atoms in total. The van der Waals surface area contributed by atoms with Crippen molar-refractivity contribution < 1.29 is 39.0 Å². The van der Waals surface area contributed by atoms with Gasteiger partial charge in [-0.3, -0.25) is 0 Å². The first-order chi connectivity index (χ1) is 4.90. The summed E-state index contributed by atoms with van der Waals surface area (Å²) in [5.74, 6) is -1.31. The predicted octanol–water partition coefficient (Wildman–Crippen LogP) is -4.49. The first-order valence-electron chi connectivity index (χ1n) is 3.39. The summed E-state index contributed by atoms with van der Waals surface area (Å²) in [4.78, 5) is 10.0. The fraction of sp³-hybridized carbons (Fsp3) is 0.857. The maximum Gasteiger partial charge on any atom is 1.00 e. The molecule has 0 aliphatic carbocycles. The summed E-state index contributed by atoms with van der Waals surface area (Å²) in [6, 6.07) is 0. The summed E-state index contributed by atoms with van der Waals surface area (Å²) in [5, 5.41) is 27.9. The number of carbonyl (C=O) groups excluding carboxylic acids is 1. The van der Waals surface area contributed by atoms with Crippen LogP contribution in [0.5, 0.6) is 0 Å². The number of carbonyl (C=O) groups is 1. The Morgan fingerprint density at radius 2 is 2.00 bits per heavy atom. The summed E-state index contributed by atoms with van der Waals surface area (Å²) < 4.78 is 0. The van der Waals surface area contributed by atoms with E-state index >= 15 is 0 Å².